The van der Waals surface area contributed by atoms with Crippen LogP contribution >= 0.6 is 0 Å². The standard InChI is InChI=1S/C6H13NO2S/c1-5(2)6-3-4-10(8,9)7-6/h5-7H,3-4H2,1-2H3/t6-/m0/s1. The van der Waals surface area contributed by atoms with Gasteiger partial charge in [-0.25, -0.2) is 13.1 Å². The summed E-state index contributed by atoms with van der Waals surface area (Å²) in [6.07, 6.45) is 0.764. The van der Waals surface area contributed by atoms with E-state index in [0.717, 1.165) is 6.42 Å². The van der Waals surface area contributed by atoms with Crippen LogP contribution in [0.5, 0.6) is 0 Å². The predicted molar refractivity (Wildman–Crippen MR) is 40.2 cm³/mol. The lowest BCUT2D eigenvalue weighted by Gasteiger charge is -2.11. The number of nitrogens with one attached hydrogen (secondary N) is 1. The predicted octanol–water partition coefficient (Wildman–Crippen LogP) is 0.334. The van der Waals surface area contributed by atoms with Crippen molar-refractivity contribution in [1.29, 1.82) is 0 Å². The molecule has 3 nitrogen and oxygen atoms in total. The molecule has 1 heterocycles. The summed E-state index contributed by atoms with van der Waals surface area (Å²) in [7, 11) is -2.89. The third kappa shape index (κ3) is 1.70. The lowest BCUT2D eigenvalue weighted by atomic mass is 10.0. The second-order valence-corrected chi connectivity index (χ2v) is 4.95. The van der Waals surface area contributed by atoms with E-state index in [-0.39, 0.29) is 6.04 Å². The first-order chi connectivity index (χ1) is 4.51. The Kier molecular flexibility index (Phi) is 2.01. The van der Waals surface area contributed by atoms with Gasteiger partial charge in [0.1, 0.15) is 0 Å². The van der Waals surface area contributed by atoms with Crippen molar-refractivity contribution in [2.75, 3.05) is 5.75 Å². The zero-order chi connectivity index (χ0) is 7.78. The molecule has 1 saturated heterocycles. The Morgan fingerprint density at radius 2 is 2.10 bits per heavy atom. The minimum atomic E-state index is -2.89. The molecule has 1 aliphatic rings. The van der Waals surface area contributed by atoms with E-state index in [1.807, 2.05) is 13.8 Å². The third-order valence-corrected chi connectivity index (χ3v) is 3.27. The van der Waals surface area contributed by atoms with E-state index in [4.69, 9.17) is 0 Å². The Morgan fingerprint density at radius 3 is 2.30 bits per heavy atom. The van der Waals surface area contributed by atoms with E-state index in [9.17, 15) is 8.42 Å². The van der Waals surface area contributed by atoms with Gasteiger partial charge in [-0.1, -0.05) is 13.8 Å². The fourth-order valence-electron chi connectivity index (χ4n) is 1.10. The topological polar surface area (TPSA) is 46.2 Å². The van der Waals surface area contributed by atoms with Gasteiger partial charge in [-0.05, 0) is 12.3 Å². The molecule has 0 amide bonds. The van der Waals surface area contributed by atoms with E-state index >= 15 is 0 Å². The Bertz CT molecular complexity index is 208. The maximum atomic E-state index is 10.8. The van der Waals surface area contributed by atoms with Crippen LogP contribution in [0.3, 0.4) is 0 Å². The summed E-state index contributed by atoms with van der Waals surface area (Å²) in [4.78, 5) is 0. The summed E-state index contributed by atoms with van der Waals surface area (Å²) in [5, 5.41) is 0. The fourth-order valence-corrected chi connectivity index (χ4v) is 2.63. The zero-order valence-electron chi connectivity index (χ0n) is 6.29. The molecule has 0 aromatic rings. The summed E-state index contributed by atoms with van der Waals surface area (Å²) in [5.74, 6) is 0.716. The fraction of sp³-hybridized carbons (Fsp3) is 1.00. The van der Waals surface area contributed by atoms with Gasteiger partial charge in [-0.15, -0.1) is 0 Å². The van der Waals surface area contributed by atoms with Gasteiger partial charge in [-0.2, -0.15) is 0 Å². The van der Waals surface area contributed by atoms with Gasteiger partial charge in [0.2, 0.25) is 10.0 Å². The minimum absolute atomic E-state index is 0.171. The number of hydrogen-bond acceptors (Lipinski definition) is 2. The summed E-state index contributed by atoms with van der Waals surface area (Å²) >= 11 is 0. The van der Waals surface area contributed by atoms with Crippen molar-refractivity contribution in [3.63, 3.8) is 0 Å². The Hall–Kier alpha value is -0.0900. The van der Waals surface area contributed by atoms with Crippen molar-refractivity contribution in [2.24, 2.45) is 5.92 Å². The highest BCUT2D eigenvalue weighted by Crippen LogP contribution is 2.14. The van der Waals surface area contributed by atoms with Crippen molar-refractivity contribution in [3.8, 4) is 0 Å². The summed E-state index contributed by atoms with van der Waals surface area (Å²) in [6.45, 7) is 4.05. The molecule has 10 heavy (non-hydrogen) atoms. The molecule has 60 valence electrons. The van der Waals surface area contributed by atoms with Crippen LogP contribution in [-0.2, 0) is 10.0 Å². The van der Waals surface area contributed by atoms with Crippen molar-refractivity contribution >= 4 is 10.0 Å². The maximum Gasteiger partial charge on any atom is 0.211 e. The van der Waals surface area contributed by atoms with Crippen LogP contribution in [0.15, 0.2) is 0 Å². The van der Waals surface area contributed by atoms with Gasteiger partial charge in [0.25, 0.3) is 0 Å². The Morgan fingerprint density at radius 1 is 1.50 bits per heavy atom. The number of hydrogen-bond donors (Lipinski definition) is 1. The molecule has 0 radical (unpaired) electrons. The molecule has 0 unspecified atom stereocenters. The highest BCUT2D eigenvalue weighted by Gasteiger charge is 2.28. The average molecular weight is 163 g/mol. The molecule has 1 aliphatic heterocycles. The molecule has 1 fully saturated rings. The Labute approximate surface area is 61.9 Å². The molecule has 1 N–H and O–H groups in total. The highest BCUT2D eigenvalue weighted by molar-refractivity contribution is 7.89. The van der Waals surface area contributed by atoms with Gasteiger partial charge in [-0.3, -0.25) is 0 Å². The molecule has 0 aromatic carbocycles. The lowest BCUT2D eigenvalue weighted by molar-refractivity contribution is 0.467. The summed E-state index contributed by atoms with van der Waals surface area (Å²) in [6, 6.07) is 0.171. The molecule has 0 spiro atoms. The van der Waals surface area contributed by atoms with Crippen LogP contribution in [0, 0.1) is 5.92 Å². The normalized spacial score (nSPS) is 31.3. The van der Waals surface area contributed by atoms with Gasteiger partial charge in [0.15, 0.2) is 0 Å². The van der Waals surface area contributed by atoms with E-state index in [2.05, 4.69) is 4.72 Å². The van der Waals surface area contributed by atoms with Crippen LogP contribution in [0.4, 0.5) is 0 Å². The second kappa shape index (κ2) is 2.51. The van der Waals surface area contributed by atoms with Gasteiger partial charge < -0.3 is 0 Å². The molecule has 1 atom stereocenters. The maximum absolute atomic E-state index is 10.8. The van der Waals surface area contributed by atoms with E-state index < -0.39 is 10.0 Å². The van der Waals surface area contributed by atoms with Crippen molar-refractivity contribution < 1.29 is 8.42 Å². The van der Waals surface area contributed by atoms with Crippen LogP contribution in [0.2, 0.25) is 0 Å². The van der Waals surface area contributed by atoms with Gasteiger partial charge >= 0.3 is 0 Å². The largest absolute Gasteiger partial charge is 0.212 e. The van der Waals surface area contributed by atoms with Crippen molar-refractivity contribution in [2.45, 2.75) is 26.3 Å². The number of rotatable bonds is 1. The second-order valence-electron chi connectivity index (χ2n) is 3.08. The van der Waals surface area contributed by atoms with Crippen LogP contribution < -0.4 is 4.72 Å². The summed E-state index contributed by atoms with van der Waals surface area (Å²) in [5.41, 5.74) is 0. The first kappa shape index (κ1) is 8.01. The molecule has 4 heteroatoms. The van der Waals surface area contributed by atoms with Crippen molar-refractivity contribution in [3.05, 3.63) is 0 Å². The average Bonchev–Trinajstić information content (AvgIpc) is 2.10. The van der Waals surface area contributed by atoms with Gasteiger partial charge in [0, 0.05) is 6.04 Å². The van der Waals surface area contributed by atoms with Crippen LogP contribution in [0.25, 0.3) is 0 Å². The number of sulfonamides is 1. The van der Waals surface area contributed by atoms with Crippen LogP contribution in [0.1, 0.15) is 20.3 Å². The molecule has 0 aromatic heterocycles. The first-order valence-corrected chi connectivity index (χ1v) is 5.16. The molecule has 0 bridgehead atoms. The third-order valence-electron chi connectivity index (χ3n) is 1.83. The molecular weight excluding hydrogens is 150 g/mol. The van der Waals surface area contributed by atoms with E-state index in [1.54, 1.807) is 0 Å². The van der Waals surface area contributed by atoms with Gasteiger partial charge in [0.05, 0.1) is 5.75 Å². The minimum Gasteiger partial charge on any atom is -0.212 e. The Balaban J connectivity index is 2.60. The summed E-state index contributed by atoms with van der Waals surface area (Å²) < 4.78 is 24.3. The van der Waals surface area contributed by atoms with Crippen LogP contribution in [-0.4, -0.2) is 20.2 Å². The van der Waals surface area contributed by atoms with E-state index in [1.165, 1.54) is 0 Å². The first-order valence-electron chi connectivity index (χ1n) is 3.51. The monoisotopic (exact) mass is 163 g/mol. The van der Waals surface area contributed by atoms with Crippen molar-refractivity contribution in [1.82, 2.24) is 4.72 Å². The zero-order valence-corrected chi connectivity index (χ0v) is 7.11. The SMILES string of the molecule is CC(C)[C@@H]1CCS(=O)(=O)N1. The molecule has 1 rings (SSSR count). The quantitative estimate of drug-likeness (QED) is 0.605. The smallest absolute Gasteiger partial charge is 0.211 e. The molecule has 0 aliphatic carbocycles. The molecular formula is C6H13NO2S. The lowest BCUT2D eigenvalue weighted by Crippen LogP contribution is -2.29. The molecule has 0 saturated carbocycles. The van der Waals surface area contributed by atoms with E-state index in [0.29, 0.717) is 11.7 Å². The highest BCUT2D eigenvalue weighted by atomic mass is 32.2.